The van der Waals surface area contributed by atoms with Crippen molar-refractivity contribution < 1.29 is 24.5 Å². The van der Waals surface area contributed by atoms with E-state index in [0.29, 0.717) is 0 Å². The van der Waals surface area contributed by atoms with Crippen molar-refractivity contribution in [2.45, 2.75) is 25.6 Å². The van der Waals surface area contributed by atoms with Crippen molar-refractivity contribution in [2.75, 3.05) is 6.54 Å². The Hall–Kier alpha value is -2.08. The van der Waals surface area contributed by atoms with Gasteiger partial charge in [0.25, 0.3) is 0 Å². The summed E-state index contributed by atoms with van der Waals surface area (Å²) >= 11 is 0. The monoisotopic (exact) mass is 267 g/mol. The van der Waals surface area contributed by atoms with E-state index in [4.69, 9.17) is 9.84 Å². The van der Waals surface area contributed by atoms with Crippen molar-refractivity contribution in [3.05, 3.63) is 35.9 Å². The van der Waals surface area contributed by atoms with Crippen LogP contribution in [0.4, 0.5) is 4.79 Å². The molecular formula is C13H17NO5. The van der Waals surface area contributed by atoms with Crippen LogP contribution in [-0.4, -0.2) is 34.4 Å². The zero-order valence-corrected chi connectivity index (χ0v) is 10.6. The number of ether oxygens (including phenoxy) is 1. The molecule has 3 N–H and O–H groups in total. The van der Waals surface area contributed by atoms with Crippen LogP contribution in [0.25, 0.3) is 0 Å². The third kappa shape index (κ3) is 5.39. The molecule has 0 saturated heterocycles. The van der Waals surface area contributed by atoms with E-state index in [2.05, 4.69) is 5.32 Å². The number of carbonyl (C=O) groups excluding carboxylic acids is 1. The van der Waals surface area contributed by atoms with Gasteiger partial charge in [-0.25, -0.2) is 9.59 Å². The standard InChI is InChI=1S/C13H17NO5/c1-13(18,11(15)16)7-8-14-12(17)19-9-10-5-3-2-4-6-10/h2-6,18H,7-9H2,1H3,(H,14,17)(H,15,16)/t13-/m0/s1. The molecule has 0 aliphatic rings. The molecule has 1 rings (SSSR count). The Morgan fingerprint density at radius 3 is 2.53 bits per heavy atom. The molecule has 0 spiro atoms. The Morgan fingerprint density at radius 2 is 1.95 bits per heavy atom. The molecule has 6 nitrogen and oxygen atoms in total. The second kappa shape index (κ2) is 6.75. The van der Waals surface area contributed by atoms with E-state index in [1.54, 1.807) is 0 Å². The van der Waals surface area contributed by atoms with Gasteiger partial charge in [-0.1, -0.05) is 30.3 Å². The van der Waals surface area contributed by atoms with Gasteiger partial charge in [0.2, 0.25) is 0 Å². The van der Waals surface area contributed by atoms with Gasteiger partial charge in [-0.2, -0.15) is 0 Å². The lowest BCUT2D eigenvalue weighted by Crippen LogP contribution is -2.39. The molecule has 6 heteroatoms. The molecule has 0 radical (unpaired) electrons. The van der Waals surface area contributed by atoms with Crippen LogP contribution in [0.1, 0.15) is 18.9 Å². The number of rotatable bonds is 6. The van der Waals surface area contributed by atoms with Gasteiger partial charge in [-0.3, -0.25) is 0 Å². The molecule has 0 aromatic heterocycles. The highest BCUT2D eigenvalue weighted by Crippen LogP contribution is 2.08. The number of benzene rings is 1. The number of aliphatic carboxylic acids is 1. The van der Waals surface area contributed by atoms with Gasteiger partial charge in [-0.15, -0.1) is 0 Å². The topological polar surface area (TPSA) is 95.9 Å². The molecule has 0 bridgehead atoms. The summed E-state index contributed by atoms with van der Waals surface area (Å²) < 4.78 is 4.92. The van der Waals surface area contributed by atoms with Crippen molar-refractivity contribution >= 4 is 12.1 Å². The van der Waals surface area contributed by atoms with Crippen LogP contribution < -0.4 is 5.32 Å². The Morgan fingerprint density at radius 1 is 1.32 bits per heavy atom. The predicted octanol–water partition coefficient (Wildman–Crippen LogP) is 1.14. The third-order valence-electron chi connectivity index (χ3n) is 2.55. The van der Waals surface area contributed by atoms with Crippen LogP contribution in [0.3, 0.4) is 0 Å². The van der Waals surface area contributed by atoms with Gasteiger partial charge >= 0.3 is 12.1 Å². The Kier molecular flexibility index (Phi) is 5.32. The smallest absolute Gasteiger partial charge is 0.407 e. The van der Waals surface area contributed by atoms with Gasteiger partial charge < -0.3 is 20.3 Å². The van der Waals surface area contributed by atoms with Gasteiger partial charge in [0.15, 0.2) is 5.60 Å². The number of hydrogen-bond acceptors (Lipinski definition) is 4. The first-order valence-electron chi connectivity index (χ1n) is 5.82. The minimum atomic E-state index is -1.85. The number of carboxylic acids is 1. The normalized spacial score (nSPS) is 13.4. The fourth-order valence-corrected chi connectivity index (χ4v) is 1.29. The number of carboxylic acid groups (broad SMARTS) is 1. The molecule has 1 atom stereocenters. The Balaban J connectivity index is 2.24. The van der Waals surface area contributed by atoms with Gasteiger partial charge in [0.1, 0.15) is 6.61 Å². The highest BCUT2D eigenvalue weighted by atomic mass is 16.5. The summed E-state index contributed by atoms with van der Waals surface area (Å²) in [4.78, 5) is 21.9. The number of carbonyl (C=O) groups is 2. The maximum absolute atomic E-state index is 11.3. The van der Waals surface area contributed by atoms with Crippen molar-refractivity contribution in [3.8, 4) is 0 Å². The lowest BCUT2D eigenvalue weighted by molar-refractivity contribution is -0.157. The van der Waals surface area contributed by atoms with E-state index in [-0.39, 0.29) is 19.6 Å². The van der Waals surface area contributed by atoms with Crippen molar-refractivity contribution in [3.63, 3.8) is 0 Å². The molecule has 0 heterocycles. The molecule has 0 aliphatic heterocycles. The molecule has 104 valence electrons. The van der Waals surface area contributed by atoms with Crippen LogP contribution in [0.5, 0.6) is 0 Å². The van der Waals surface area contributed by atoms with E-state index in [1.807, 2.05) is 30.3 Å². The minimum absolute atomic E-state index is 0.0208. The summed E-state index contributed by atoms with van der Waals surface area (Å²) in [6.07, 6.45) is -0.743. The summed E-state index contributed by atoms with van der Waals surface area (Å²) in [6, 6.07) is 9.17. The molecule has 1 aromatic carbocycles. The Labute approximate surface area is 111 Å². The lowest BCUT2D eigenvalue weighted by Gasteiger charge is -2.17. The summed E-state index contributed by atoms with van der Waals surface area (Å²) in [5.41, 5.74) is -0.998. The molecule has 0 saturated carbocycles. The molecule has 1 amide bonds. The Bertz CT molecular complexity index is 430. The largest absolute Gasteiger partial charge is 0.479 e. The zero-order chi connectivity index (χ0) is 14.3. The van der Waals surface area contributed by atoms with E-state index in [0.717, 1.165) is 5.56 Å². The molecular weight excluding hydrogens is 250 g/mol. The summed E-state index contributed by atoms with van der Waals surface area (Å²) in [7, 11) is 0. The fraction of sp³-hybridized carbons (Fsp3) is 0.385. The molecule has 19 heavy (non-hydrogen) atoms. The van der Waals surface area contributed by atoms with E-state index in [1.165, 1.54) is 6.92 Å². The van der Waals surface area contributed by atoms with E-state index in [9.17, 15) is 14.7 Å². The quantitative estimate of drug-likeness (QED) is 0.718. The number of alkyl carbamates (subject to hydrolysis) is 1. The zero-order valence-electron chi connectivity index (χ0n) is 10.6. The third-order valence-corrected chi connectivity index (χ3v) is 2.55. The van der Waals surface area contributed by atoms with Crippen LogP contribution in [0, 0.1) is 0 Å². The van der Waals surface area contributed by atoms with E-state index >= 15 is 0 Å². The second-order valence-corrected chi connectivity index (χ2v) is 4.32. The lowest BCUT2D eigenvalue weighted by atomic mass is 10.0. The maximum atomic E-state index is 11.3. The van der Waals surface area contributed by atoms with Crippen molar-refractivity contribution in [1.82, 2.24) is 5.32 Å². The van der Waals surface area contributed by atoms with Gasteiger partial charge in [0, 0.05) is 13.0 Å². The number of amides is 1. The average Bonchev–Trinajstić information content (AvgIpc) is 2.37. The molecule has 1 aromatic rings. The van der Waals surface area contributed by atoms with Crippen LogP contribution in [0.15, 0.2) is 30.3 Å². The first-order valence-corrected chi connectivity index (χ1v) is 5.82. The van der Waals surface area contributed by atoms with E-state index < -0.39 is 17.7 Å². The number of hydrogen-bond donors (Lipinski definition) is 3. The summed E-state index contributed by atoms with van der Waals surface area (Å²) in [6.45, 7) is 1.33. The van der Waals surface area contributed by atoms with Crippen molar-refractivity contribution in [2.24, 2.45) is 0 Å². The first-order chi connectivity index (χ1) is 8.92. The summed E-state index contributed by atoms with van der Waals surface area (Å²) in [5, 5.41) is 20.5. The SMILES string of the molecule is C[C@](O)(CCNC(=O)OCc1ccccc1)C(=O)O. The predicted molar refractivity (Wildman–Crippen MR) is 67.5 cm³/mol. The average molecular weight is 267 g/mol. The minimum Gasteiger partial charge on any atom is -0.479 e. The molecule has 0 unspecified atom stereocenters. The fourth-order valence-electron chi connectivity index (χ4n) is 1.29. The number of nitrogens with one attached hydrogen (secondary N) is 1. The highest BCUT2D eigenvalue weighted by molar-refractivity contribution is 5.76. The second-order valence-electron chi connectivity index (χ2n) is 4.32. The summed E-state index contributed by atoms with van der Waals surface area (Å²) in [5.74, 6) is -1.33. The molecule has 0 aliphatic carbocycles. The van der Waals surface area contributed by atoms with Crippen LogP contribution in [0.2, 0.25) is 0 Å². The van der Waals surface area contributed by atoms with Gasteiger partial charge in [-0.05, 0) is 12.5 Å². The van der Waals surface area contributed by atoms with Crippen molar-refractivity contribution in [1.29, 1.82) is 0 Å². The number of aliphatic hydroxyl groups is 1. The maximum Gasteiger partial charge on any atom is 0.407 e. The first kappa shape index (κ1) is 15.0. The highest BCUT2D eigenvalue weighted by Gasteiger charge is 2.29. The van der Waals surface area contributed by atoms with Gasteiger partial charge in [0.05, 0.1) is 0 Å². The molecule has 0 fully saturated rings. The van der Waals surface area contributed by atoms with Crippen LogP contribution in [-0.2, 0) is 16.1 Å². The van der Waals surface area contributed by atoms with Crippen LogP contribution >= 0.6 is 0 Å².